The number of aryl methyl sites for hydroxylation is 3. The molecule has 3 fully saturated rings. The zero-order valence-electron chi connectivity index (χ0n) is 31.0. The van der Waals surface area contributed by atoms with Crippen LogP contribution in [0.25, 0.3) is 11.1 Å². The molecule has 3 heterocycles. The molecular weight excluding hydrogens is 716 g/mol. The standard InChI is InChI=1S/C43H41ClN6O5/c1-24-4-9-29(39-25(2)48-55-26(39)3)18-37(24)49(31-11-13-34(35(44)20-31)43(23-45)16-17-43)22-28-7-5-27(6-8-28)21-46-30-10-12-32-33(19-30)42(54)50(41(32)53)36-14-15-38(51)47-40(36)52/h4,9-13,18-21,27-28,36H,5-8,14-17,22H2,1-3H3,(H,47,51,52)/b46-21+. The third kappa shape index (κ3) is 6.73. The summed E-state index contributed by atoms with van der Waals surface area (Å²) in [6, 6.07) is 19.0. The fourth-order valence-corrected chi connectivity index (χ4v) is 8.78. The van der Waals surface area contributed by atoms with Gasteiger partial charge in [-0.1, -0.05) is 35.0 Å². The monoisotopic (exact) mass is 756 g/mol. The van der Waals surface area contributed by atoms with Crippen LogP contribution in [0, 0.1) is 43.9 Å². The van der Waals surface area contributed by atoms with E-state index in [0.717, 1.165) is 95.1 Å². The Hall–Kier alpha value is -5.60. The molecule has 2 aliphatic carbocycles. The number of carbonyl (C=O) groups excluding carboxylic acids is 4. The summed E-state index contributed by atoms with van der Waals surface area (Å²) in [5.74, 6) is -0.713. The van der Waals surface area contributed by atoms with Crippen LogP contribution < -0.4 is 10.2 Å². The molecule has 3 aromatic carbocycles. The summed E-state index contributed by atoms with van der Waals surface area (Å²) >= 11 is 6.93. The molecule has 0 radical (unpaired) electrons. The maximum absolute atomic E-state index is 13.3. The third-order valence-electron chi connectivity index (χ3n) is 11.8. The average Bonchev–Trinajstić information content (AvgIpc) is 3.84. The fraction of sp³-hybridized carbons (Fsp3) is 0.372. The highest BCUT2D eigenvalue weighted by Gasteiger charge is 2.47. The predicted octanol–water partition coefficient (Wildman–Crippen LogP) is 8.22. The Balaban J connectivity index is 0.988. The Kier molecular flexibility index (Phi) is 9.42. The van der Waals surface area contributed by atoms with Crippen LogP contribution >= 0.6 is 11.6 Å². The Labute approximate surface area is 324 Å². The van der Waals surface area contributed by atoms with Gasteiger partial charge in [0, 0.05) is 41.1 Å². The number of hydrogen-bond acceptors (Lipinski definition) is 9. The van der Waals surface area contributed by atoms with Crippen molar-refractivity contribution >= 4 is 58.5 Å². The predicted molar refractivity (Wildman–Crippen MR) is 208 cm³/mol. The number of amides is 4. The highest BCUT2D eigenvalue weighted by atomic mass is 35.5. The highest BCUT2D eigenvalue weighted by Crippen LogP contribution is 2.51. The normalized spacial score (nSPS) is 21.8. The number of halogens is 1. The second-order valence-corrected chi connectivity index (χ2v) is 15.8. The van der Waals surface area contributed by atoms with E-state index in [2.05, 4.69) is 52.6 Å². The summed E-state index contributed by atoms with van der Waals surface area (Å²) in [6.45, 7) is 6.78. The number of aromatic nitrogens is 1. The number of rotatable bonds is 9. The fourth-order valence-electron chi connectivity index (χ4n) is 8.43. The van der Waals surface area contributed by atoms with Gasteiger partial charge in [-0.15, -0.1) is 0 Å². The van der Waals surface area contributed by atoms with Crippen molar-refractivity contribution in [3.63, 3.8) is 0 Å². The zero-order chi connectivity index (χ0) is 38.6. The van der Waals surface area contributed by atoms with Gasteiger partial charge >= 0.3 is 0 Å². The van der Waals surface area contributed by atoms with E-state index in [9.17, 15) is 24.4 Å². The molecule has 1 aromatic heterocycles. The summed E-state index contributed by atoms with van der Waals surface area (Å²) in [7, 11) is 0. The SMILES string of the molecule is Cc1ccc(-c2c(C)noc2C)cc1N(CC1CCC(/C=N/c2ccc3c(c2)C(=O)N(C2CCC(=O)NC2=O)C3=O)CC1)c1ccc(C2(C#N)CC2)c(Cl)c1. The number of aliphatic imine (C=N–C) groups is 1. The second-order valence-electron chi connectivity index (χ2n) is 15.4. The number of anilines is 2. The first-order valence-electron chi connectivity index (χ1n) is 18.9. The van der Waals surface area contributed by atoms with Gasteiger partial charge in [0.2, 0.25) is 11.8 Å². The first-order valence-corrected chi connectivity index (χ1v) is 19.3. The van der Waals surface area contributed by atoms with E-state index in [1.165, 1.54) is 0 Å². The second kappa shape index (κ2) is 14.2. The van der Waals surface area contributed by atoms with Gasteiger partial charge in [0.15, 0.2) is 0 Å². The van der Waals surface area contributed by atoms with Crippen LogP contribution in [0.4, 0.5) is 17.1 Å². The Morgan fingerprint density at radius 1 is 0.982 bits per heavy atom. The van der Waals surface area contributed by atoms with Gasteiger partial charge in [-0.2, -0.15) is 5.26 Å². The number of nitrogens with one attached hydrogen (secondary N) is 1. The first-order chi connectivity index (χ1) is 26.5. The number of benzene rings is 3. The summed E-state index contributed by atoms with van der Waals surface area (Å²) in [4.78, 5) is 58.5. The number of nitriles is 1. The van der Waals surface area contributed by atoms with Crippen molar-refractivity contribution < 1.29 is 23.7 Å². The smallest absolute Gasteiger partial charge is 0.262 e. The molecule has 4 aliphatic rings. The molecule has 11 nitrogen and oxygen atoms in total. The van der Waals surface area contributed by atoms with E-state index in [1.807, 2.05) is 32.2 Å². The Morgan fingerprint density at radius 2 is 1.75 bits per heavy atom. The molecule has 4 aromatic rings. The van der Waals surface area contributed by atoms with Crippen molar-refractivity contribution in [1.82, 2.24) is 15.4 Å². The molecule has 4 amide bonds. The number of fused-ring (bicyclic) bond motifs is 1. The molecule has 0 bridgehead atoms. The average molecular weight is 757 g/mol. The van der Waals surface area contributed by atoms with Crippen molar-refractivity contribution in [2.75, 3.05) is 11.4 Å². The number of imide groups is 2. The maximum Gasteiger partial charge on any atom is 0.262 e. The van der Waals surface area contributed by atoms with E-state index in [4.69, 9.17) is 21.1 Å². The Morgan fingerprint density at radius 3 is 2.42 bits per heavy atom. The molecule has 1 atom stereocenters. The van der Waals surface area contributed by atoms with Crippen LogP contribution in [-0.4, -0.2) is 52.5 Å². The lowest BCUT2D eigenvalue weighted by atomic mass is 9.82. The van der Waals surface area contributed by atoms with Crippen LogP contribution in [0.3, 0.4) is 0 Å². The van der Waals surface area contributed by atoms with Gasteiger partial charge in [-0.25, -0.2) is 0 Å². The van der Waals surface area contributed by atoms with Crippen LogP contribution in [0.5, 0.6) is 0 Å². The minimum absolute atomic E-state index is 0.0707. The lowest BCUT2D eigenvalue weighted by Crippen LogP contribution is -2.54. The van der Waals surface area contributed by atoms with Crippen molar-refractivity contribution in [3.05, 3.63) is 93.3 Å². The molecule has 1 N–H and O–H groups in total. The quantitative estimate of drug-likeness (QED) is 0.133. The lowest BCUT2D eigenvalue weighted by molar-refractivity contribution is -0.136. The molecular formula is C43H41ClN6O5. The van der Waals surface area contributed by atoms with Crippen molar-refractivity contribution in [1.29, 1.82) is 5.26 Å². The molecule has 12 heteroatoms. The summed E-state index contributed by atoms with van der Waals surface area (Å²) < 4.78 is 5.51. The van der Waals surface area contributed by atoms with Crippen LogP contribution in [0.1, 0.15) is 94.7 Å². The number of carbonyl (C=O) groups is 4. The van der Waals surface area contributed by atoms with Gasteiger partial charge in [0.25, 0.3) is 11.8 Å². The van der Waals surface area contributed by atoms with Gasteiger partial charge in [-0.05, 0) is 131 Å². The van der Waals surface area contributed by atoms with Gasteiger partial charge in [0.05, 0.1) is 34.0 Å². The molecule has 2 aliphatic heterocycles. The highest BCUT2D eigenvalue weighted by molar-refractivity contribution is 6.32. The zero-order valence-corrected chi connectivity index (χ0v) is 31.8. The number of nitrogens with zero attached hydrogens (tertiary/aromatic N) is 5. The van der Waals surface area contributed by atoms with Gasteiger partial charge in [0.1, 0.15) is 11.8 Å². The largest absolute Gasteiger partial charge is 0.361 e. The van der Waals surface area contributed by atoms with Crippen LogP contribution in [0.15, 0.2) is 64.1 Å². The third-order valence-corrected chi connectivity index (χ3v) is 12.1. The molecule has 0 spiro atoms. The molecule has 55 heavy (non-hydrogen) atoms. The van der Waals surface area contributed by atoms with Crippen molar-refractivity contribution in [3.8, 4) is 17.2 Å². The van der Waals surface area contributed by atoms with Crippen LogP contribution in [0.2, 0.25) is 5.02 Å². The van der Waals surface area contributed by atoms with E-state index in [0.29, 0.717) is 16.6 Å². The molecule has 1 saturated heterocycles. The van der Waals surface area contributed by atoms with Crippen molar-refractivity contribution in [2.24, 2.45) is 16.8 Å². The summed E-state index contributed by atoms with van der Waals surface area (Å²) in [5.41, 5.74) is 7.48. The van der Waals surface area contributed by atoms with E-state index >= 15 is 0 Å². The minimum Gasteiger partial charge on any atom is -0.361 e. The topological polar surface area (TPSA) is 149 Å². The van der Waals surface area contributed by atoms with E-state index < -0.39 is 35.1 Å². The first kappa shape index (κ1) is 36.4. The molecule has 280 valence electrons. The van der Waals surface area contributed by atoms with Gasteiger partial charge in [-0.3, -0.25) is 34.4 Å². The summed E-state index contributed by atoms with van der Waals surface area (Å²) in [6.07, 6.45) is 7.63. The number of hydrogen-bond donors (Lipinski definition) is 1. The molecule has 8 rings (SSSR count). The Bertz CT molecular complexity index is 2310. The molecule has 2 saturated carbocycles. The van der Waals surface area contributed by atoms with E-state index in [-0.39, 0.29) is 29.9 Å². The molecule has 1 unspecified atom stereocenters. The number of piperidine rings is 1. The minimum atomic E-state index is -1.01. The van der Waals surface area contributed by atoms with Gasteiger partial charge < -0.3 is 9.42 Å². The van der Waals surface area contributed by atoms with Crippen molar-refractivity contribution in [2.45, 2.75) is 83.6 Å². The van der Waals surface area contributed by atoms with E-state index in [1.54, 1.807) is 18.2 Å². The maximum atomic E-state index is 13.3. The summed E-state index contributed by atoms with van der Waals surface area (Å²) in [5, 5.41) is 16.9. The lowest BCUT2D eigenvalue weighted by Gasteiger charge is -2.34. The van der Waals surface area contributed by atoms with Crippen LogP contribution in [-0.2, 0) is 15.0 Å².